The van der Waals surface area contributed by atoms with Gasteiger partial charge in [-0.05, 0) is 108 Å². The van der Waals surface area contributed by atoms with Crippen LogP contribution in [-0.2, 0) is 30.6 Å². The van der Waals surface area contributed by atoms with Crippen LogP contribution in [0.3, 0.4) is 0 Å². The van der Waals surface area contributed by atoms with E-state index in [1.54, 1.807) is 18.7 Å². The van der Waals surface area contributed by atoms with Crippen molar-refractivity contribution < 1.29 is 19.8 Å². The summed E-state index contributed by atoms with van der Waals surface area (Å²) in [5.41, 5.74) is 8.79. The molecule has 0 bridgehead atoms. The van der Waals surface area contributed by atoms with Gasteiger partial charge in [-0.3, -0.25) is 14.9 Å². The molecule has 12 nitrogen and oxygen atoms in total. The van der Waals surface area contributed by atoms with Crippen molar-refractivity contribution in [2.45, 2.75) is 172 Å². The number of hydrogen-bond donors (Lipinski definition) is 4. The normalized spacial score (nSPS) is 15.0. The Morgan fingerprint density at radius 1 is 0.676 bits per heavy atom. The number of benzene rings is 1. The van der Waals surface area contributed by atoms with Crippen molar-refractivity contribution in [2.24, 2.45) is 53.3 Å². The third-order valence-corrected chi connectivity index (χ3v) is 13.8. The zero-order valence-corrected chi connectivity index (χ0v) is 49.5. The smallest absolute Gasteiger partial charge is 0.286 e. The van der Waals surface area contributed by atoms with Gasteiger partial charge in [-0.15, -0.1) is 11.3 Å². The Labute approximate surface area is 456 Å². The predicted molar refractivity (Wildman–Crippen MR) is 313 cm³/mol. The van der Waals surface area contributed by atoms with Crippen LogP contribution in [0.15, 0.2) is 97.4 Å². The van der Waals surface area contributed by atoms with Gasteiger partial charge >= 0.3 is 0 Å². The number of thiophene rings is 1. The molecule has 0 spiro atoms. The molecule has 3 atom stereocenters. The molecule has 5 N–H and O–H groups in total. The summed E-state index contributed by atoms with van der Waals surface area (Å²) in [6.45, 7) is 32.1. The van der Waals surface area contributed by atoms with Crippen molar-refractivity contribution in [1.82, 2.24) is 34.8 Å². The van der Waals surface area contributed by atoms with Crippen LogP contribution in [0.5, 0.6) is 0 Å². The average Bonchev–Trinajstić information content (AvgIpc) is 4.12. The second kappa shape index (κ2) is 39.8. The van der Waals surface area contributed by atoms with Gasteiger partial charge in [0.1, 0.15) is 6.33 Å². The largest absolute Gasteiger partial charge is 0.396 e. The lowest BCUT2D eigenvalue weighted by atomic mass is 9.75. The number of carbonyl (C=O) groups is 2. The second-order valence-corrected chi connectivity index (χ2v) is 24.3. The van der Waals surface area contributed by atoms with E-state index in [1.807, 2.05) is 74.2 Å². The summed E-state index contributed by atoms with van der Waals surface area (Å²) in [7, 11) is 0. The Hall–Kier alpha value is -4.50. The molecule has 1 saturated carbocycles. The highest BCUT2D eigenvalue weighted by Gasteiger charge is 2.31. The fraction of sp³-hybridized carbons (Fsp3) is 0.617. The van der Waals surface area contributed by atoms with Crippen molar-refractivity contribution in [3.05, 3.63) is 119 Å². The number of anilines is 1. The van der Waals surface area contributed by atoms with Gasteiger partial charge < -0.3 is 20.5 Å². The van der Waals surface area contributed by atoms with E-state index in [0.717, 1.165) is 60.8 Å². The van der Waals surface area contributed by atoms with Crippen molar-refractivity contribution in [1.29, 1.82) is 0 Å². The Morgan fingerprint density at radius 2 is 1.31 bits per heavy atom. The van der Waals surface area contributed by atoms with E-state index in [4.69, 9.17) is 10.8 Å². The fourth-order valence-corrected chi connectivity index (χ4v) is 10.3. The van der Waals surface area contributed by atoms with Gasteiger partial charge in [0, 0.05) is 60.1 Å². The lowest BCUT2D eigenvalue weighted by Gasteiger charge is -2.31. The number of nitrogens with two attached hydrogens (primary N) is 1. The number of imidazole rings is 1. The first-order valence-corrected chi connectivity index (χ1v) is 29.0. The molecule has 5 aromatic rings. The highest BCUT2D eigenvalue weighted by molar-refractivity contribution is 8.15. The lowest BCUT2D eigenvalue weighted by molar-refractivity contribution is -0.119. The predicted octanol–water partition coefficient (Wildman–Crippen LogP) is 14.1. The summed E-state index contributed by atoms with van der Waals surface area (Å²) in [5, 5.41) is 22.4. The number of nitrogen functional groups attached to an aromatic ring is 1. The summed E-state index contributed by atoms with van der Waals surface area (Å²) in [6.07, 6.45) is 21.6. The number of aliphatic hydroxyl groups is 2. The van der Waals surface area contributed by atoms with Crippen molar-refractivity contribution in [3.8, 4) is 0 Å². The van der Waals surface area contributed by atoms with Gasteiger partial charge in [0.05, 0.1) is 18.2 Å². The minimum atomic E-state index is -0.208. The molecule has 7 rings (SSSR count). The van der Waals surface area contributed by atoms with Gasteiger partial charge in [-0.25, -0.2) is 24.9 Å². The molecule has 3 unspecified atom stereocenters. The van der Waals surface area contributed by atoms with E-state index in [9.17, 15) is 14.7 Å². The molecule has 1 aliphatic heterocycles. The van der Waals surface area contributed by atoms with E-state index in [1.165, 1.54) is 49.0 Å². The third kappa shape index (κ3) is 32.7. The molecule has 1 aliphatic carbocycles. The Kier molecular flexibility index (Phi) is 36.4. The van der Waals surface area contributed by atoms with Gasteiger partial charge in [-0.2, -0.15) is 0 Å². The Bertz CT molecular complexity index is 2060. The Balaban J connectivity index is 0.000000433. The molecule has 74 heavy (non-hydrogen) atoms. The number of rotatable bonds is 16. The number of imide groups is 1. The molecule has 2 amide bonds. The summed E-state index contributed by atoms with van der Waals surface area (Å²) in [4.78, 5) is 42.9. The number of aliphatic hydroxyl groups excluding tert-OH is 2. The van der Waals surface area contributed by atoms with E-state index < -0.39 is 0 Å². The van der Waals surface area contributed by atoms with Crippen LogP contribution >= 0.6 is 23.1 Å². The standard InChI is InChI=1S/C11H22O.C11H16O.C8H13N3.C8H12N2.C8H12S.C7H12N2.C7H11NO2S/c2*1-9(2)11(8-12)10-6-4-3-5-7-10;1-6(2)5-7-3-4-10-8(9)11-7;1-7(2)5-8-3-4-9-6-10-8;1-7(2)6-8-4-3-5-9-8;1-7(2)5-9-4-3-8-6-9;1-4(2)3-5-6(9)8-7(10)11-5/h9-12H,3-8H2,1-2H3;3-7,9,11-12H,8H2,1-2H3;3-4,6H,5H2,1-2H3,(H2,9,10,11);3-4,6-7H,5H2,1-2H3;3-5,7H,6H2,1-2H3;3-4,6-7H,5H2,1-2H3;4-5H,3H2,1-2H3,(H,8,9,10). The Morgan fingerprint density at radius 3 is 1.76 bits per heavy atom. The van der Waals surface area contributed by atoms with E-state index >= 15 is 0 Å². The average molecular weight is 1060 g/mol. The molecule has 2 aliphatic rings. The van der Waals surface area contributed by atoms with Gasteiger partial charge in [0.25, 0.3) is 5.24 Å². The maximum atomic E-state index is 11.0. The van der Waals surface area contributed by atoms with Crippen LogP contribution in [0, 0.1) is 53.3 Å². The minimum Gasteiger partial charge on any atom is -0.396 e. The number of thioether (sulfide) groups is 1. The SMILES string of the molecule is CC(C)C(CO)C1CCCCC1.CC(C)C(CO)c1ccccc1.CC(C)CC1SC(=O)NC1=O.CC(C)Cc1cccs1.CC(C)Cc1ccnc(N)n1.CC(C)Cc1ccncn1.CC(C)Cn1ccnc1. The molecule has 1 saturated heterocycles. The van der Waals surface area contributed by atoms with E-state index in [-0.39, 0.29) is 28.9 Å². The topological polar surface area (TPSA) is 182 Å². The summed E-state index contributed by atoms with van der Waals surface area (Å²) >= 11 is 2.95. The van der Waals surface area contributed by atoms with Crippen LogP contribution in [0.1, 0.15) is 163 Å². The fourth-order valence-electron chi connectivity index (χ4n) is 8.29. The third-order valence-electron chi connectivity index (χ3n) is 11.9. The number of nitrogens with one attached hydrogen (secondary N) is 1. The first kappa shape index (κ1) is 67.5. The highest BCUT2D eigenvalue weighted by atomic mass is 32.2. The molecule has 4 aromatic heterocycles. The first-order chi connectivity index (χ1) is 35.1. The molecule has 414 valence electrons. The van der Waals surface area contributed by atoms with E-state index in [2.05, 4.69) is 148 Å². The minimum absolute atomic E-state index is 0.131. The van der Waals surface area contributed by atoms with Crippen molar-refractivity contribution in [2.75, 3.05) is 18.9 Å². The van der Waals surface area contributed by atoms with E-state index in [0.29, 0.717) is 54.0 Å². The monoisotopic (exact) mass is 1060 g/mol. The number of aromatic nitrogens is 6. The quantitative estimate of drug-likeness (QED) is 0.0738. The van der Waals surface area contributed by atoms with Crippen LogP contribution in [0.2, 0.25) is 0 Å². The molecule has 1 aromatic carbocycles. The molecular weight excluding hydrogens is 961 g/mol. The zero-order valence-electron chi connectivity index (χ0n) is 47.9. The molecule has 0 radical (unpaired) electrons. The molecule has 14 heteroatoms. The number of carbonyl (C=O) groups excluding carboxylic acids is 2. The first-order valence-electron chi connectivity index (χ1n) is 27.2. The maximum absolute atomic E-state index is 11.0. The van der Waals surface area contributed by atoms with Crippen LogP contribution in [0.4, 0.5) is 10.7 Å². The lowest BCUT2D eigenvalue weighted by Crippen LogP contribution is -2.25. The summed E-state index contributed by atoms with van der Waals surface area (Å²) in [6, 6.07) is 18.3. The molecule has 5 heterocycles. The molecule has 2 fully saturated rings. The maximum Gasteiger partial charge on any atom is 0.286 e. The number of hydrogen-bond acceptors (Lipinski definition) is 12. The summed E-state index contributed by atoms with van der Waals surface area (Å²) < 4.78 is 2.09. The number of amides is 2. The van der Waals surface area contributed by atoms with Crippen LogP contribution < -0.4 is 11.1 Å². The second-order valence-electron chi connectivity index (χ2n) is 22.1. The van der Waals surface area contributed by atoms with Crippen molar-refractivity contribution >= 4 is 40.2 Å². The van der Waals surface area contributed by atoms with Crippen LogP contribution in [0.25, 0.3) is 0 Å². The van der Waals surface area contributed by atoms with Crippen LogP contribution in [-0.4, -0.2) is 69.3 Å². The zero-order chi connectivity index (χ0) is 55.4. The molecular formula is C60H98N8O4S2. The summed E-state index contributed by atoms with van der Waals surface area (Å²) in [5.74, 6) is 6.29. The van der Waals surface area contributed by atoms with Gasteiger partial charge in [-0.1, -0.05) is 177 Å². The highest BCUT2D eigenvalue weighted by Crippen LogP contribution is 2.33. The number of nitrogens with zero attached hydrogens (tertiary/aromatic N) is 6. The van der Waals surface area contributed by atoms with Gasteiger partial charge in [0.2, 0.25) is 11.9 Å². The van der Waals surface area contributed by atoms with Gasteiger partial charge in [0.15, 0.2) is 0 Å². The van der Waals surface area contributed by atoms with Crippen molar-refractivity contribution in [3.63, 3.8) is 0 Å².